The largest absolute Gasteiger partial charge is 0.369 e. The average Bonchev–Trinajstić information content (AvgIpc) is 2.25. The van der Waals surface area contributed by atoms with Crippen LogP contribution in [0.5, 0.6) is 0 Å². The third-order valence-corrected chi connectivity index (χ3v) is 3.33. The Morgan fingerprint density at radius 2 is 2.00 bits per heavy atom. The Morgan fingerprint density at radius 1 is 1.31 bits per heavy atom. The summed E-state index contributed by atoms with van der Waals surface area (Å²) in [6, 6.07) is 2.00. The Hall–Kier alpha value is -0.770. The molecule has 1 atom stereocenters. The molecule has 1 N–H and O–H groups in total. The molecule has 1 rings (SSSR count). The third-order valence-electron chi connectivity index (χ3n) is 2.36. The maximum atomic E-state index is 4.51. The summed E-state index contributed by atoms with van der Waals surface area (Å²) in [4.78, 5) is 8.93. The Morgan fingerprint density at radius 3 is 2.56 bits per heavy atom. The van der Waals surface area contributed by atoms with E-state index < -0.39 is 0 Å². The lowest BCUT2D eigenvalue weighted by molar-refractivity contribution is 0.766. The molecule has 0 spiro atoms. The van der Waals surface area contributed by atoms with Gasteiger partial charge in [-0.3, -0.25) is 0 Å². The SMILES string of the molecule is CSC(C)CNc1cc(C)nc(C(C)C)n1. The van der Waals surface area contributed by atoms with Crippen LogP contribution < -0.4 is 5.32 Å². The Balaban J connectivity index is 2.72. The van der Waals surface area contributed by atoms with Gasteiger partial charge in [0, 0.05) is 29.5 Å². The van der Waals surface area contributed by atoms with Gasteiger partial charge in [-0.15, -0.1) is 0 Å². The van der Waals surface area contributed by atoms with Gasteiger partial charge < -0.3 is 5.32 Å². The van der Waals surface area contributed by atoms with Gasteiger partial charge in [0.25, 0.3) is 0 Å². The van der Waals surface area contributed by atoms with Gasteiger partial charge in [0.1, 0.15) is 11.6 Å². The number of aryl methyl sites for hydroxylation is 1. The van der Waals surface area contributed by atoms with E-state index in [4.69, 9.17) is 0 Å². The van der Waals surface area contributed by atoms with Crippen LogP contribution in [0.4, 0.5) is 5.82 Å². The van der Waals surface area contributed by atoms with Crippen molar-refractivity contribution in [2.75, 3.05) is 18.1 Å². The van der Waals surface area contributed by atoms with E-state index in [1.807, 2.05) is 24.8 Å². The minimum atomic E-state index is 0.374. The molecule has 1 aromatic rings. The van der Waals surface area contributed by atoms with Crippen molar-refractivity contribution >= 4 is 17.6 Å². The summed E-state index contributed by atoms with van der Waals surface area (Å²) in [6.07, 6.45) is 2.12. The van der Waals surface area contributed by atoms with E-state index in [1.54, 1.807) is 0 Å². The molecular weight excluding hydrogens is 218 g/mol. The zero-order chi connectivity index (χ0) is 12.1. The summed E-state index contributed by atoms with van der Waals surface area (Å²) in [5.74, 6) is 2.23. The second-order valence-corrected chi connectivity index (χ2v) is 5.61. The smallest absolute Gasteiger partial charge is 0.133 e. The molecule has 1 heterocycles. The van der Waals surface area contributed by atoms with Gasteiger partial charge in [0.15, 0.2) is 0 Å². The average molecular weight is 239 g/mol. The second-order valence-electron chi connectivity index (χ2n) is 4.33. The molecule has 0 aliphatic carbocycles. The number of hydrogen-bond acceptors (Lipinski definition) is 4. The molecule has 1 aromatic heterocycles. The first-order chi connectivity index (χ1) is 7.52. The minimum absolute atomic E-state index is 0.374. The normalized spacial score (nSPS) is 12.9. The number of hydrogen-bond donors (Lipinski definition) is 1. The van der Waals surface area contributed by atoms with E-state index in [9.17, 15) is 0 Å². The van der Waals surface area contributed by atoms with Crippen molar-refractivity contribution in [2.45, 2.75) is 38.9 Å². The van der Waals surface area contributed by atoms with Gasteiger partial charge in [-0.2, -0.15) is 11.8 Å². The quantitative estimate of drug-likeness (QED) is 0.857. The van der Waals surface area contributed by atoms with Gasteiger partial charge in [-0.05, 0) is 13.2 Å². The fraction of sp³-hybridized carbons (Fsp3) is 0.667. The molecule has 90 valence electrons. The van der Waals surface area contributed by atoms with Gasteiger partial charge in [-0.25, -0.2) is 9.97 Å². The van der Waals surface area contributed by atoms with Crippen LogP contribution in [-0.4, -0.2) is 28.0 Å². The molecule has 0 saturated carbocycles. The maximum Gasteiger partial charge on any atom is 0.133 e. The highest BCUT2D eigenvalue weighted by atomic mass is 32.2. The van der Waals surface area contributed by atoms with Crippen molar-refractivity contribution in [2.24, 2.45) is 0 Å². The number of aromatic nitrogens is 2. The van der Waals surface area contributed by atoms with Crippen LogP contribution in [0.2, 0.25) is 0 Å². The zero-order valence-corrected chi connectivity index (χ0v) is 11.6. The fourth-order valence-electron chi connectivity index (χ4n) is 1.27. The monoisotopic (exact) mass is 239 g/mol. The molecule has 1 unspecified atom stereocenters. The molecule has 0 aliphatic rings. The molecule has 0 aliphatic heterocycles. The predicted molar refractivity (Wildman–Crippen MR) is 72.3 cm³/mol. The number of thioether (sulfide) groups is 1. The van der Waals surface area contributed by atoms with Crippen molar-refractivity contribution in [3.63, 3.8) is 0 Å². The molecule has 4 heteroatoms. The Kier molecular flexibility index (Phi) is 5.06. The van der Waals surface area contributed by atoms with Crippen molar-refractivity contribution in [3.8, 4) is 0 Å². The van der Waals surface area contributed by atoms with Gasteiger partial charge in [-0.1, -0.05) is 20.8 Å². The molecular formula is C12H21N3S. The summed E-state index contributed by atoms with van der Waals surface area (Å²) < 4.78 is 0. The van der Waals surface area contributed by atoms with E-state index in [2.05, 4.69) is 42.3 Å². The molecule has 0 saturated heterocycles. The van der Waals surface area contributed by atoms with Crippen LogP contribution in [-0.2, 0) is 0 Å². The predicted octanol–water partition coefficient (Wildman–Crippen LogP) is 3.07. The lowest BCUT2D eigenvalue weighted by atomic mass is 10.2. The summed E-state index contributed by atoms with van der Waals surface area (Å²) >= 11 is 1.85. The van der Waals surface area contributed by atoms with Gasteiger partial charge >= 0.3 is 0 Å². The van der Waals surface area contributed by atoms with E-state index >= 15 is 0 Å². The number of anilines is 1. The summed E-state index contributed by atoms with van der Waals surface area (Å²) in [6.45, 7) is 9.38. The topological polar surface area (TPSA) is 37.8 Å². The van der Waals surface area contributed by atoms with Crippen LogP contribution in [0, 0.1) is 6.92 Å². The maximum absolute atomic E-state index is 4.51. The molecule has 16 heavy (non-hydrogen) atoms. The Bertz CT molecular complexity index is 339. The molecule has 0 radical (unpaired) electrons. The van der Waals surface area contributed by atoms with E-state index in [0.29, 0.717) is 11.2 Å². The molecule has 0 aromatic carbocycles. The summed E-state index contributed by atoms with van der Waals surface area (Å²) in [5, 5.41) is 3.95. The highest BCUT2D eigenvalue weighted by Gasteiger charge is 2.06. The highest BCUT2D eigenvalue weighted by molar-refractivity contribution is 7.99. The first-order valence-electron chi connectivity index (χ1n) is 5.65. The zero-order valence-electron chi connectivity index (χ0n) is 10.7. The molecule has 0 bridgehead atoms. The fourth-order valence-corrected chi connectivity index (χ4v) is 1.52. The van der Waals surface area contributed by atoms with Crippen LogP contribution in [0.15, 0.2) is 6.07 Å². The lowest BCUT2D eigenvalue weighted by Crippen LogP contribution is -2.14. The van der Waals surface area contributed by atoms with E-state index in [-0.39, 0.29) is 0 Å². The van der Waals surface area contributed by atoms with Crippen molar-refractivity contribution in [1.29, 1.82) is 0 Å². The minimum Gasteiger partial charge on any atom is -0.369 e. The van der Waals surface area contributed by atoms with Crippen LogP contribution in [0.25, 0.3) is 0 Å². The molecule has 3 nitrogen and oxygen atoms in total. The van der Waals surface area contributed by atoms with Crippen LogP contribution in [0.1, 0.15) is 38.2 Å². The van der Waals surface area contributed by atoms with Crippen LogP contribution >= 0.6 is 11.8 Å². The van der Waals surface area contributed by atoms with Crippen LogP contribution in [0.3, 0.4) is 0 Å². The van der Waals surface area contributed by atoms with E-state index in [1.165, 1.54) is 0 Å². The van der Waals surface area contributed by atoms with Crippen molar-refractivity contribution in [1.82, 2.24) is 9.97 Å². The molecule has 0 amide bonds. The van der Waals surface area contributed by atoms with Crippen molar-refractivity contribution in [3.05, 3.63) is 17.6 Å². The number of nitrogens with one attached hydrogen (secondary N) is 1. The van der Waals surface area contributed by atoms with Gasteiger partial charge in [0.2, 0.25) is 0 Å². The summed E-state index contributed by atoms with van der Waals surface area (Å²) in [5.41, 5.74) is 1.03. The summed E-state index contributed by atoms with van der Waals surface area (Å²) in [7, 11) is 0. The lowest BCUT2D eigenvalue weighted by Gasteiger charge is -2.12. The first kappa shape index (κ1) is 13.3. The van der Waals surface area contributed by atoms with E-state index in [0.717, 1.165) is 23.9 Å². The second kappa shape index (κ2) is 6.09. The molecule has 0 fully saturated rings. The first-order valence-corrected chi connectivity index (χ1v) is 6.94. The number of nitrogens with zero attached hydrogens (tertiary/aromatic N) is 2. The highest BCUT2D eigenvalue weighted by Crippen LogP contribution is 2.14. The third kappa shape index (κ3) is 4.00. The van der Waals surface area contributed by atoms with Crippen molar-refractivity contribution < 1.29 is 0 Å². The van der Waals surface area contributed by atoms with Gasteiger partial charge in [0.05, 0.1) is 0 Å². The number of rotatable bonds is 5. The standard InChI is InChI=1S/C12H21N3S/c1-8(2)12-14-9(3)6-11(15-12)13-7-10(4)16-5/h6,8,10H,7H2,1-5H3,(H,13,14,15). The Labute approximate surface area is 102 Å².